The van der Waals surface area contributed by atoms with Gasteiger partial charge in [-0.3, -0.25) is 9.59 Å². The molecule has 176 valence electrons. The lowest BCUT2D eigenvalue weighted by molar-refractivity contribution is -0.159. The molecule has 2 aromatic carbocycles. The van der Waals surface area contributed by atoms with Gasteiger partial charge in [0.25, 0.3) is 0 Å². The highest BCUT2D eigenvalue weighted by molar-refractivity contribution is 5.86. The molecule has 0 heterocycles. The van der Waals surface area contributed by atoms with Crippen LogP contribution in [0.25, 0.3) is 11.1 Å². The van der Waals surface area contributed by atoms with Crippen molar-refractivity contribution in [1.82, 2.24) is 10.2 Å². The number of hydrogen-bond donors (Lipinski definition) is 2. The molecule has 10 heteroatoms. The molecule has 0 fully saturated rings. The second-order valence-corrected chi connectivity index (χ2v) is 7.76. The van der Waals surface area contributed by atoms with E-state index in [2.05, 4.69) is 5.32 Å². The van der Waals surface area contributed by atoms with Crippen molar-refractivity contribution in [3.63, 3.8) is 0 Å². The van der Waals surface area contributed by atoms with Crippen LogP contribution in [0.2, 0.25) is 0 Å². The van der Waals surface area contributed by atoms with E-state index in [9.17, 15) is 27.6 Å². The Bertz CT molecular complexity index is 995. The van der Waals surface area contributed by atoms with Crippen molar-refractivity contribution in [2.45, 2.75) is 31.0 Å². The molecular formula is C23H23F3N2O5. The monoisotopic (exact) mass is 464 g/mol. The predicted molar refractivity (Wildman–Crippen MR) is 113 cm³/mol. The molecule has 0 aliphatic heterocycles. The lowest BCUT2D eigenvalue weighted by Crippen LogP contribution is -2.49. The van der Waals surface area contributed by atoms with Crippen LogP contribution in [0.3, 0.4) is 0 Å². The minimum Gasteiger partial charge on any atom is -0.481 e. The SMILES string of the molecule is CN(CC(F)(F)F)C(=O)C(CCC(=O)O)NC(=O)OCC1c2ccccc2-c2ccccc21. The second-order valence-electron chi connectivity index (χ2n) is 7.76. The van der Waals surface area contributed by atoms with Gasteiger partial charge >= 0.3 is 18.2 Å². The number of nitrogens with one attached hydrogen (secondary N) is 1. The Morgan fingerprint density at radius 2 is 1.61 bits per heavy atom. The van der Waals surface area contributed by atoms with Gasteiger partial charge in [-0.05, 0) is 28.7 Å². The number of hydrogen-bond acceptors (Lipinski definition) is 4. The largest absolute Gasteiger partial charge is 0.481 e. The number of ether oxygens (including phenoxy) is 1. The van der Waals surface area contributed by atoms with E-state index in [-0.39, 0.29) is 18.9 Å². The zero-order chi connectivity index (χ0) is 24.2. The highest BCUT2D eigenvalue weighted by Gasteiger charge is 2.35. The standard InChI is InChI=1S/C23H23F3N2O5/c1-28(13-23(24,25)26)21(31)19(10-11-20(29)30)27-22(32)33-12-18-16-8-4-2-6-14(16)15-7-3-5-9-17(15)18/h2-9,18-19H,10-13H2,1H3,(H,27,32)(H,29,30). The number of nitrogens with zero attached hydrogens (tertiary/aromatic N) is 1. The molecule has 0 saturated heterocycles. The third kappa shape index (κ3) is 6.03. The highest BCUT2D eigenvalue weighted by atomic mass is 19.4. The number of halogens is 3. The van der Waals surface area contributed by atoms with Gasteiger partial charge in [0.1, 0.15) is 19.2 Å². The number of fused-ring (bicyclic) bond motifs is 3. The number of carbonyl (C=O) groups excluding carboxylic acids is 2. The third-order valence-electron chi connectivity index (χ3n) is 5.37. The summed E-state index contributed by atoms with van der Waals surface area (Å²) in [5, 5.41) is 11.1. The molecular weight excluding hydrogens is 441 g/mol. The number of benzene rings is 2. The molecule has 0 spiro atoms. The Balaban J connectivity index is 1.68. The van der Waals surface area contributed by atoms with Gasteiger partial charge in [0.05, 0.1) is 0 Å². The molecule has 1 unspecified atom stereocenters. The van der Waals surface area contributed by atoms with E-state index in [1.54, 1.807) is 0 Å². The second kappa shape index (κ2) is 9.93. The van der Waals surface area contributed by atoms with E-state index in [0.29, 0.717) is 4.90 Å². The van der Waals surface area contributed by atoms with Gasteiger partial charge in [-0.1, -0.05) is 48.5 Å². The zero-order valence-corrected chi connectivity index (χ0v) is 17.8. The number of carboxylic acids is 1. The quantitative estimate of drug-likeness (QED) is 0.620. The lowest BCUT2D eigenvalue weighted by Gasteiger charge is -2.25. The van der Waals surface area contributed by atoms with Crippen molar-refractivity contribution < 1.29 is 37.4 Å². The normalized spacial score (nSPS) is 13.6. The average Bonchev–Trinajstić information content (AvgIpc) is 3.07. The van der Waals surface area contributed by atoms with Gasteiger partial charge in [-0.15, -0.1) is 0 Å². The van der Waals surface area contributed by atoms with Crippen LogP contribution < -0.4 is 5.32 Å². The van der Waals surface area contributed by atoms with E-state index in [1.165, 1.54) is 0 Å². The summed E-state index contributed by atoms with van der Waals surface area (Å²) in [7, 11) is 0.934. The molecule has 0 saturated carbocycles. The fourth-order valence-corrected chi connectivity index (χ4v) is 3.92. The highest BCUT2D eigenvalue weighted by Crippen LogP contribution is 2.44. The van der Waals surface area contributed by atoms with Gasteiger partial charge in [0, 0.05) is 19.4 Å². The molecule has 7 nitrogen and oxygen atoms in total. The number of aliphatic carboxylic acids is 1. The number of alkyl halides is 3. The molecule has 1 aliphatic carbocycles. The smallest absolute Gasteiger partial charge is 0.407 e. The van der Waals surface area contributed by atoms with Gasteiger partial charge in [-0.2, -0.15) is 13.2 Å². The maximum Gasteiger partial charge on any atom is 0.407 e. The topological polar surface area (TPSA) is 95.9 Å². The lowest BCUT2D eigenvalue weighted by atomic mass is 9.98. The summed E-state index contributed by atoms with van der Waals surface area (Å²) in [5.74, 6) is -2.55. The Kier molecular flexibility index (Phi) is 7.25. The van der Waals surface area contributed by atoms with Crippen LogP contribution in [-0.4, -0.2) is 60.4 Å². The fraction of sp³-hybridized carbons (Fsp3) is 0.348. The summed E-state index contributed by atoms with van der Waals surface area (Å²) >= 11 is 0. The van der Waals surface area contributed by atoms with Crippen LogP contribution in [-0.2, 0) is 14.3 Å². The molecule has 0 aromatic heterocycles. The van der Waals surface area contributed by atoms with Crippen LogP contribution in [0.1, 0.15) is 29.9 Å². The molecule has 0 radical (unpaired) electrons. The molecule has 1 aliphatic rings. The summed E-state index contributed by atoms with van der Waals surface area (Å²) in [5.41, 5.74) is 3.97. The average molecular weight is 464 g/mol. The summed E-state index contributed by atoms with van der Waals surface area (Å²) in [6, 6.07) is 13.9. The maximum absolute atomic E-state index is 12.6. The Labute approximate surface area is 188 Å². The van der Waals surface area contributed by atoms with Gasteiger partial charge in [0.2, 0.25) is 5.91 Å². The number of rotatable bonds is 8. The van der Waals surface area contributed by atoms with Crippen molar-refractivity contribution in [3.8, 4) is 11.1 Å². The molecule has 3 rings (SSSR count). The van der Waals surface area contributed by atoms with Gasteiger partial charge in [0.15, 0.2) is 0 Å². The summed E-state index contributed by atoms with van der Waals surface area (Å²) in [6.07, 6.45) is -6.53. The van der Waals surface area contributed by atoms with Gasteiger partial charge < -0.3 is 20.1 Å². The molecule has 1 atom stereocenters. The van der Waals surface area contributed by atoms with Crippen LogP contribution in [0.4, 0.5) is 18.0 Å². The Morgan fingerprint density at radius 1 is 1.06 bits per heavy atom. The first-order valence-corrected chi connectivity index (χ1v) is 10.2. The van der Waals surface area contributed by atoms with Crippen LogP contribution in [0.5, 0.6) is 0 Å². The number of alkyl carbamates (subject to hydrolysis) is 1. The number of amides is 2. The molecule has 2 N–H and O–H groups in total. The van der Waals surface area contributed by atoms with Gasteiger partial charge in [-0.25, -0.2) is 4.79 Å². The minimum absolute atomic E-state index is 0.0574. The minimum atomic E-state index is -4.63. The molecule has 0 bridgehead atoms. The predicted octanol–water partition coefficient (Wildman–Crippen LogP) is 3.78. The Hall–Kier alpha value is -3.56. The van der Waals surface area contributed by atoms with Crippen molar-refractivity contribution in [2.24, 2.45) is 0 Å². The van der Waals surface area contributed by atoms with Crippen molar-refractivity contribution in [2.75, 3.05) is 20.2 Å². The molecule has 2 amide bonds. The molecule has 2 aromatic rings. The summed E-state index contributed by atoms with van der Waals surface area (Å²) in [4.78, 5) is 36.1. The van der Waals surface area contributed by atoms with E-state index in [1.807, 2.05) is 48.5 Å². The maximum atomic E-state index is 12.6. The van der Waals surface area contributed by atoms with E-state index in [4.69, 9.17) is 9.84 Å². The first-order chi connectivity index (χ1) is 15.6. The molecule has 33 heavy (non-hydrogen) atoms. The van der Waals surface area contributed by atoms with E-state index < -0.39 is 43.2 Å². The first kappa shape index (κ1) is 24.1. The summed E-state index contributed by atoms with van der Waals surface area (Å²) in [6.45, 7) is -1.58. The van der Waals surface area contributed by atoms with Crippen molar-refractivity contribution >= 4 is 18.0 Å². The fourth-order valence-electron chi connectivity index (χ4n) is 3.92. The number of carbonyl (C=O) groups is 3. The zero-order valence-electron chi connectivity index (χ0n) is 17.8. The van der Waals surface area contributed by atoms with Crippen LogP contribution >= 0.6 is 0 Å². The van der Waals surface area contributed by atoms with E-state index >= 15 is 0 Å². The van der Waals surface area contributed by atoms with Crippen LogP contribution in [0, 0.1) is 0 Å². The van der Waals surface area contributed by atoms with Crippen molar-refractivity contribution in [1.29, 1.82) is 0 Å². The number of carboxylic acid groups (broad SMARTS) is 1. The van der Waals surface area contributed by atoms with Crippen LogP contribution in [0.15, 0.2) is 48.5 Å². The summed E-state index contributed by atoms with van der Waals surface area (Å²) < 4.78 is 43.2. The first-order valence-electron chi connectivity index (χ1n) is 10.2. The van der Waals surface area contributed by atoms with Crippen molar-refractivity contribution in [3.05, 3.63) is 59.7 Å². The Morgan fingerprint density at radius 3 is 2.12 bits per heavy atom. The number of likely N-dealkylation sites (N-methyl/N-ethyl adjacent to an activating group) is 1. The third-order valence-corrected chi connectivity index (χ3v) is 5.37. The van der Waals surface area contributed by atoms with E-state index in [0.717, 1.165) is 29.3 Å².